The van der Waals surface area contributed by atoms with Gasteiger partial charge >= 0.3 is 0 Å². The van der Waals surface area contributed by atoms with Crippen LogP contribution in [0.4, 0.5) is 0 Å². The Labute approximate surface area is 342 Å². The van der Waals surface area contributed by atoms with Crippen molar-refractivity contribution in [3.05, 3.63) is 229 Å². The van der Waals surface area contributed by atoms with Gasteiger partial charge in [-0.05, 0) is 150 Å². The fraction of sp³-hybridized carbons (Fsp3) is 0.0169. The van der Waals surface area contributed by atoms with E-state index in [9.17, 15) is 0 Å². The molecule has 0 radical (unpaired) electrons. The van der Waals surface area contributed by atoms with Gasteiger partial charge in [0.2, 0.25) is 0 Å². The van der Waals surface area contributed by atoms with E-state index >= 15 is 0 Å². The topological polar surface area (TPSA) is 0 Å². The van der Waals surface area contributed by atoms with Crippen LogP contribution in [0.15, 0.2) is 206 Å². The van der Waals surface area contributed by atoms with Crippen LogP contribution in [0.3, 0.4) is 0 Å². The zero-order chi connectivity index (χ0) is 38.4. The van der Waals surface area contributed by atoms with E-state index in [0.717, 1.165) is 0 Å². The highest BCUT2D eigenvalue weighted by Crippen LogP contribution is 2.66. The Morgan fingerprint density at radius 1 is 0.254 bits per heavy atom. The Bertz CT molecular complexity index is 3600. The van der Waals surface area contributed by atoms with Crippen molar-refractivity contribution < 1.29 is 0 Å². The van der Waals surface area contributed by atoms with Crippen LogP contribution in [-0.2, 0) is 5.41 Å². The molecule has 59 heavy (non-hydrogen) atoms. The number of hydrogen-bond acceptors (Lipinski definition) is 0. The normalized spacial score (nSPS) is 13.6. The monoisotopic (exact) mass is 742 g/mol. The molecule has 0 aromatic heterocycles. The molecule has 0 N–H and O–H groups in total. The fourth-order valence-corrected chi connectivity index (χ4v) is 11.7. The van der Waals surface area contributed by atoms with Gasteiger partial charge in [0.25, 0.3) is 0 Å². The molecule has 3 aliphatic rings. The maximum atomic E-state index is 2.51. The van der Waals surface area contributed by atoms with E-state index in [4.69, 9.17) is 0 Å². The summed E-state index contributed by atoms with van der Waals surface area (Å²) in [5, 5.41) is 10.4. The van der Waals surface area contributed by atoms with Crippen molar-refractivity contribution in [2.45, 2.75) is 5.41 Å². The second-order valence-corrected chi connectivity index (χ2v) is 16.6. The van der Waals surface area contributed by atoms with E-state index in [1.165, 1.54) is 132 Å². The first-order valence-electron chi connectivity index (χ1n) is 20.8. The quantitative estimate of drug-likeness (QED) is 0.155. The summed E-state index contributed by atoms with van der Waals surface area (Å²) in [7, 11) is 0. The van der Waals surface area contributed by atoms with E-state index in [2.05, 4.69) is 206 Å². The van der Waals surface area contributed by atoms with Gasteiger partial charge in [-0.3, -0.25) is 0 Å². The molecular weight excluding hydrogens is 709 g/mol. The molecule has 0 nitrogen and oxygen atoms in total. The van der Waals surface area contributed by atoms with Crippen LogP contribution in [0.25, 0.3) is 110 Å². The zero-order valence-electron chi connectivity index (χ0n) is 32.1. The molecule has 0 aliphatic heterocycles. The highest BCUT2D eigenvalue weighted by atomic mass is 14.5. The Morgan fingerprint density at radius 3 is 1.51 bits per heavy atom. The molecule has 3 aliphatic carbocycles. The predicted octanol–water partition coefficient (Wildman–Crippen LogP) is 15.6. The first-order chi connectivity index (χ1) is 29.3. The van der Waals surface area contributed by atoms with Gasteiger partial charge in [0, 0.05) is 0 Å². The van der Waals surface area contributed by atoms with E-state index in [1.54, 1.807) is 0 Å². The zero-order valence-corrected chi connectivity index (χ0v) is 32.1. The molecule has 0 unspecified atom stereocenters. The van der Waals surface area contributed by atoms with Crippen LogP contribution in [-0.4, -0.2) is 0 Å². The van der Waals surface area contributed by atoms with E-state index in [1.807, 2.05) is 0 Å². The maximum Gasteiger partial charge on any atom is 0.0731 e. The second-order valence-electron chi connectivity index (χ2n) is 16.6. The summed E-state index contributed by atoms with van der Waals surface area (Å²) >= 11 is 0. The number of benzene rings is 11. The second kappa shape index (κ2) is 11.3. The van der Waals surface area contributed by atoms with Gasteiger partial charge in [0.15, 0.2) is 0 Å². The van der Waals surface area contributed by atoms with Crippen molar-refractivity contribution in [1.82, 2.24) is 0 Å². The van der Waals surface area contributed by atoms with Gasteiger partial charge in [-0.25, -0.2) is 0 Å². The summed E-state index contributed by atoms with van der Waals surface area (Å²) in [6.07, 6.45) is 0. The average Bonchev–Trinajstić information content (AvgIpc) is 3.91. The highest BCUT2D eigenvalue weighted by molar-refractivity contribution is 6.22. The molecular formula is C59H34. The Balaban J connectivity index is 1.07. The van der Waals surface area contributed by atoms with Crippen molar-refractivity contribution in [2.24, 2.45) is 0 Å². The van der Waals surface area contributed by atoms with Gasteiger partial charge in [-0.2, -0.15) is 0 Å². The highest BCUT2D eigenvalue weighted by Gasteiger charge is 2.53. The lowest BCUT2D eigenvalue weighted by Crippen LogP contribution is -2.26. The Hall–Kier alpha value is -7.54. The SMILES string of the molecule is c1ccc(-c2ccc3c4c(cccc24)-c2ccccc2-3)c(-c2ccc3c4c(c5ccccc5c3c2)-c2cc3ccccc3cc2C42c3ccccc3-c3ccccc32)c1. The Kier molecular flexibility index (Phi) is 6.05. The Morgan fingerprint density at radius 2 is 0.780 bits per heavy atom. The minimum atomic E-state index is -0.466. The average molecular weight is 743 g/mol. The lowest BCUT2D eigenvalue weighted by atomic mass is 9.69. The number of hydrogen-bond donors (Lipinski definition) is 0. The molecule has 270 valence electrons. The summed E-state index contributed by atoms with van der Waals surface area (Å²) in [6.45, 7) is 0. The molecule has 0 heterocycles. The van der Waals surface area contributed by atoms with Crippen molar-refractivity contribution in [1.29, 1.82) is 0 Å². The summed E-state index contributed by atoms with van der Waals surface area (Å²) in [5.74, 6) is 0. The third-order valence-corrected chi connectivity index (χ3v) is 14.0. The molecule has 11 aromatic rings. The van der Waals surface area contributed by atoms with E-state index < -0.39 is 5.41 Å². The van der Waals surface area contributed by atoms with Crippen LogP contribution >= 0.6 is 0 Å². The largest absolute Gasteiger partial charge is 0.0731 e. The molecule has 0 saturated carbocycles. The summed E-state index contributed by atoms with van der Waals surface area (Å²) in [5.41, 5.74) is 20.7. The van der Waals surface area contributed by atoms with Gasteiger partial charge in [-0.1, -0.05) is 188 Å². The predicted molar refractivity (Wildman–Crippen MR) is 248 cm³/mol. The van der Waals surface area contributed by atoms with Crippen LogP contribution in [0.5, 0.6) is 0 Å². The van der Waals surface area contributed by atoms with Crippen molar-refractivity contribution in [3.8, 4) is 66.8 Å². The molecule has 0 amide bonds. The minimum Gasteiger partial charge on any atom is -0.0619 e. The molecule has 0 bridgehead atoms. The third kappa shape index (κ3) is 3.89. The first-order valence-corrected chi connectivity index (χ1v) is 20.8. The van der Waals surface area contributed by atoms with E-state index in [0.29, 0.717) is 0 Å². The van der Waals surface area contributed by atoms with Crippen LogP contribution in [0.2, 0.25) is 0 Å². The van der Waals surface area contributed by atoms with Crippen LogP contribution in [0.1, 0.15) is 22.3 Å². The van der Waals surface area contributed by atoms with Gasteiger partial charge < -0.3 is 0 Å². The molecule has 14 rings (SSSR count). The van der Waals surface area contributed by atoms with Crippen molar-refractivity contribution in [2.75, 3.05) is 0 Å². The van der Waals surface area contributed by atoms with E-state index in [-0.39, 0.29) is 0 Å². The lowest BCUT2D eigenvalue weighted by Gasteiger charge is -2.32. The summed E-state index contributed by atoms with van der Waals surface area (Å²) in [4.78, 5) is 0. The minimum absolute atomic E-state index is 0.466. The van der Waals surface area contributed by atoms with Crippen molar-refractivity contribution >= 4 is 43.1 Å². The number of fused-ring (bicyclic) bond motifs is 19. The van der Waals surface area contributed by atoms with Gasteiger partial charge in [0.05, 0.1) is 5.41 Å². The van der Waals surface area contributed by atoms with Crippen LogP contribution < -0.4 is 0 Å². The number of rotatable bonds is 2. The first kappa shape index (κ1) is 31.5. The molecule has 11 aromatic carbocycles. The van der Waals surface area contributed by atoms with Crippen molar-refractivity contribution in [3.63, 3.8) is 0 Å². The molecule has 0 fully saturated rings. The summed E-state index contributed by atoms with van der Waals surface area (Å²) < 4.78 is 0. The van der Waals surface area contributed by atoms with Crippen LogP contribution in [0, 0.1) is 0 Å². The molecule has 0 heteroatoms. The molecule has 1 spiro atoms. The lowest BCUT2D eigenvalue weighted by molar-refractivity contribution is 0.803. The fourth-order valence-electron chi connectivity index (χ4n) is 11.7. The standard InChI is InChI=1S/C59H34/c1-2-15-36-34-55-52(32-35(36)14-1)57-48-23-8-7-20-42(48)51-33-37(28-29-50(51)58(57)59(55)53-26-11-9-21-44(53)45-22-10-12-27-54(45)59)38-16-3-4-17-39(38)43-30-31-49-41-19-6-5-18-40(41)46-24-13-25-47(43)56(46)49/h1-34H. The smallest absolute Gasteiger partial charge is 0.0619 e. The maximum absolute atomic E-state index is 2.51. The van der Waals surface area contributed by atoms with Gasteiger partial charge in [0.1, 0.15) is 0 Å². The molecule has 0 atom stereocenters. The third-order valence-electron chi connectivity index (χ3n) is 14.0. The summed E-state index contributed by atoms with van der Waals surface area (Å²) in [6, 6.07) is 78.1. The van der Waals surface area contributed by atoms with Gasteiger partial charge in [-0.15, -0.1) is 0 Å². The molecule has 0 saturated heterocycles.